The Hall–Kier alpha value is -2.97. The van der Waals surface area contributed by atoms with Crippen molar-refractivity contribution in [3.63, 3.8) is 0 Å². The molecule has 0 unspecified atom stereocenters. The molecule has 0 radical (unpaired) electrons. The summed E-state index contributed by atoms with van der Waals surface area (Å²) in [6.45, 7) is 10.9. The summed E-state index contributed by atoms with van der Waals surface area (Å²) < 4.78 is 0. The molecule has 1 amide bonds. The molecule has 3 aromatic heterocycles. The van der Waals surface area contributed by atoms with Gasteiger partial charge in [0.2, 0.25) is 0 Å². The van der Waals surface area contributed by atoms with E-state index in [1.165, 1.54) is 0 Å². The molecule has 15 heteroatoms. The van der Waals surface area contributed by atoms with Crippen molar-refractivity contribution < 1.29 is 14.7 Å². The number of thiazole rings is 1. The summed E-state index contributed by atoms with van der Waals surface area (Å²) >= 11 is 13.5. The number of aryl methyl sites for hydroxylation is 1. The average molecular weight is 637 g/mol. The smallest absolute Gasteiger partial charge is 0.348 e. The molecule has 226 valence electrons. The number of carbonyl (C=O) groups excluding carboxylic acids is 1. The fourth-order valence-electron chi connectivity index (χ4n) is 5.22. The van der Waals surface area contributed by atoms with Crippen LogP contribution in [0.25, 0.3) is 11.4 Å². The number of nitrogens with zero attached hydrogens (tertiary/aromatic N) is 6. The average Bonchev–Trinajstić information content (AvgIpc) is 3.53. The number of likely N-dealkylation sites (N-methyl/N-ethyl adjacent to an activating group) is 1. The van der Waals surface area contributed by atoms with Crippen molar-refractivity contribution in [2.24, 2.45) is 5.92 Å². The third kappa shape index (κ3) is 6.81. The Morgan fingerprint density at radius 3 is 2.52 bits per heavy atom. The number of halogens is 2. The highest BCUT2D eigenvalue weighted by Crippen LogP contribution is 2.35. The number of aromatic carboxylic acids is 1. The molecular weight excluding hydrogens is 601 g/mol. The summed E-state index contributed by atoms with van der Waals surface area (Å²) in [5, 5.41) is 17.4. The highest BCUT2D eigenvalue weighted by Gasteiger charge is 2.32. The van der Waals surface area contributed by atoms with Gasteiger partial charge in [-0.25, -0.2) is 19.7 Å². The van der Waals surface area contributed by atoms with Crippen molar-refractivity contribution in [1.29, 1.82) is 0 Å². The number of rotatable bonds is 9. The van der Waals surface area contributed by atoms with Gasteiger partial charge in [-0.15, -0.1) is 0 Å². The van der Waals surface area contributed by atoms with E-state index in [2.05, 4.69) is 52.3 Å². The Labute approximate surface area is 258 Å². The van der Waals surface area contributed by atoms with E-state index < -0.39 is 5.97 Å². The molecular formula is C27H35Cl2N9O3S. The second-order valence-electron chi connectivity index (χ2n) is 10.9. The van der Waals surface area contributed by atoms with E-state index in [0.29, 0.717) is 52.6 Å². The third-order valence-corrected chi connectivity index (χ3v) is 9.86. The van der Waals surface area contributed by atoms with Crippen LogP contribution in [-0.2, 0) is 0 Å². The zero-order valence-corrected chi connectivity index (χ0v) is 26.1. The first-order valence-corrected chi connectivity index (χ1v) is 15.5. The number of piperidine rings is 1. The zero-order chi connectivity index (χ0) is 30.0. The number of carboxylic acid groups (broad SMARTS) is 1. The van der Waals surface area contributed by atoms with Gasteiger partial charge in [0.05, 0.1) is 22.4 Å². The third-order valence-electron chi connectivity index (χ3n) is 7.81. The van der Waals surface area contributed by atoms with Gasteiger partial charge in [0, 0.05) is 64.1 Å². The molecule has 3 aromatic rings. The fraction of sp³-hybridized carbons (Fsp3) is 0.519. The Balaban J connectivity index is 1.20. The van der Waals surface area contributed by atoms with Gasteiger partial charge in [-0.1, -0.05) is 41.5 Å². The van der Waals surface area contributed by atoms with Crippen LogP contribution < -0.4 is 15.5 Å². The minimum Gasteiger partial charge on any atom is -0.477 e. The van der Waals surface area contributed by atoms with Crippen LogP contribution in [0, 0.1) is 12.8 Å². The van der Waals surface area contributed by atoms with Crippen LogP contribution in [0.2, 0.25) is 10.0 Å². The number of nitrogens with one attached hydrogen (secondary N) is 3. The first-order valence-electron chi connectivity index (χ1n) is 13.9. The molecule has 2 aliphatic heterocycles. The molecule has 4 N–H and O–H groups in total. The Kier molecular flexibility index (Phi) is 9.53. The number of carbonyl (C=O) groups is 2. The largest absolute Gasteiger partial charge is 0.477 e. The number of aromatic nitrogens is 4. The van der Waals surface area contributed by atoms with Crippen molar-refractivity contribution in [3.8, 4) is 11.4 Å². The molecule has 2 atom stereocenters. The van der Waals surface area contributed by atoms with Crippen molar-refractivity contribution in [2.75, 3.05) is 69.6 Å². The maximum Gasteiger partial charge on any atom is 0.348 e. The molecule has 5 heterocycles. The molecule has 42 heavy (non-hydrogen) atoms. The predicted octanol–water partition coefficient (Wildman–Crippen LogP) is 3.55. The minimum atomic E-state index is -1.06. The van der Waals surface area contributed by atoms with E-state index in [4.69, 9.17) is 23.2 Å². The highest BCUT2D eigenvalue weighted by atomic mass is 35.5. The van der Waals surface area contributed by atoms with E-state index >= 15 is 0 Å². The number of hydrogen-bond donors (Lipinski definition) is 4. The molecule has 0 aliphatic carbocycles. The van der Waals surface area contributed by atoms with Gasteiger partial charge < -0.3 is 30.5 Å². The van der Waals surface area contributed by atoms with Gasteiger partial charge in [0.25, 0.3) is 5.91 Å². The van der Waals surface area contributed by atoms with E-state index in [0.717, 1.165) is 50.6 Å². The number of piperazine rings is 1. The predicted molar refractivity (Wildman–Crippen MR) is 165 cm³/mol. The van der Waals surface area contributed by atoms with Crippen LogP contribution >= 0.6 is 34.5 Å². The van der Waals surface area contributed by atoms with Gasteiger partial charge in [-0.3, -0.25) is 9.69 Å². The Morgan fingerprint density at radius 2 is 1.90 bits per heavy atom. The molecule has 5 rings (SSSR count). The van der Waals surface area contributed by atoms with E-state index in [1.807, 2.05) is 6.92 Å². The second kappa shape index (κ2) is 13.1. The van der Waals surface area contributed by atoms with Crippen molar-refractivity contribution in [3.05, 3.63) is 38.7 Å². The van der Waals surface area contributed by atoms with E-state index in [9.17, 15) is 14.7 Å². The lowest BCUT2D eigenvalue weighted by atomic mass is 9.94. The van der Waals surface area contributed by atoms with Gasteiger partial charge in [-0.05, 0) is 26.3 Å². The molecule has 0 spiro atoms. The summed E-state index contributed by atoms with van der Waals surface area (Å²) in [4.78, 5) is 48.4. The normalized spacial score (nSPS) is 20.1. The number of amides is 1. The fourth-order valence-corrected chi connectivity index (χ4v) is 6.59. The summed E-state index contributed by atoms with van der Waals surface area (Å²) in [5.41, 5.74) is 1.60. The number of H-pyrrole nitrogens is 1. The van der Waals surface area contributed by atoms with Crippen molar-refractivity contribution in [2.45, 2.75) is 26.3 Å². The quantitative estimate of drug-likeness (QED) is 0.276. The highest BCUT2D eigenvalue weighted by molar-refractivity contribution is 7.17. The van der Waals surface area contributed by atoms with E-state index in [-0.39, 0.29) is 33.5 Å². The summed E-state index contributed by atoms with van der Waals surface area (Å²) in [6.07, 6.45) is 3.84. The maximum absolute atomic E-state index is 12.8. The Morgan fingerprint density at radius 1 is 1.14 bits per heavy atom. The lowest BCUT2D eigenvalue weighted by Crippen LogP contribution is -2.50. The van der Waals surface area contributed by atoms with Crippen molar-refractivity contribution in [1.82, 2.24) is 35.1 Å². The number of hydrogen-bond acceptors (Lipinski definition) is 10. The summed E-state index contributed by atoms with van der Waals surface area (Å²) in [7, 11) is 2.14. The second-order valence-corrected chi connectivity index (χ2v) is 12.6. The first kappa shape index (κ1) is 30.5. The van der Waals surface area contributed by atoms with Gasteiger partial charge >= 0.3 is 5.97 Å². The molecule has 2 saturated heterocycles. The van der Waals surface area contributed by atoms with Crippen LogP contribution in [0.5, 0.6) is 0 Å². The number of aromatic amines is 1. The van der Waals surface area contributed by atoms with Crippen LogP contribution in [0.3, 0.4) is 0 Å². The zero-order valence-electron chi connectivity index (χ0n) is 23.8. The summed E-state index contributed by atoms with van der Waals surface area (Å²) in [6, 6.07) is -0.0901. The molecule has 0 bridgehead atoms. The minimum absolute atomic E-state index is 0.0737. The van der Waals surface area contributed by atoms with Crippen molar-refractivity contribution >= 4 is 57.4 Å². The molecule has 0 saturated carbocycles. The van der Waals surface area contributed by atoms with Gasteiger partial charge in [0.15, 0.2) is 5.13 Å². The first-order chi connectivity index (χ1) is 20.1. The van der Waals surface area contributed by atoms with Gasteiger partial charge in [-0.2, -0.15) is 0 Å². The number of carboxylic acids is 1. The van der Waals surface area contributed by atoms with Crippen LogP contribution in [0.15, 0.2) is 12.4 Å². The lowest BCUT2D eigenvalue weighted by molar-refractivity contribution is 0.0702. The van der Waals surface area contributed by atoms with Gasteiger partial charge in [0.1, 0.15) is 27.8 Å². The van der Waals surface area contributed by atoms with E-state index in [1.54, 1.807) is 19.3 Å². The molecule has 12 nitrogen and oxygen atoms in total. The standard InChI is InChI=1S/C27H35Cl2N9O3S/c1-15-14-38(6-4-17(15)34-25(39)23-21(29)20(28)16(2)33-23)27-35-22(24(42-27)26(40)41)18-12-32-19(13-31-18)30-5-7-37-10-8-36(3)9-11-37/h12-13,15,17,33H,4-11,14H2,1-3H3,(H,30,32)(H,34,39)(H,40,41)/t15-,17+/m0/s1. The van der Waals surface area contributed by atoms with Crippen LogP contribution in [0.4, 0.5) is 10.9 Å². The topological polar surface area (TPSA) is 143 Å². The number of anilines is 2. The molecule has 0 aromatic carbocycles. The maximum atomic E-state index is 12.8. The molecule has 2 fully saturated rings. The van der Waals surface area contributed by atoms with Crippen LogP contribution in [-0.4, -0.2) is 112 Å². The Bertz CT molecular complexity index is 1420. The monoisotopic (exact) mass is 635 g/mol. The lowest BCUT2D eigenvalue weighted by Gasteiger charge is -2.37. The van der Waals surface area contributed by atoms with Crippen LogP contribution in [0.1, 0.15) is 39.2 Å². The SMILES string of the molecule is Cc1[nH]c(C(=O)N[C@@H]2CCN(c3nc(-c4cnc(NCCN5CCN(C)CC5)cn4)c(C(=O)O)s3)C[C@@H]2C)c(Cl)c1Cl. The summed E-state index contributed by atoms with van der Waals surface area (Å²) in [5.74, 6) is -0.654. The molecule has 2 aliphatic rings.